The number of hydrogen-bond acceptors (Lipinski definition) is 3. The topological polar surface area (TPSA) is 18.8 Å². The van der Waals surface area contributed by atoms with Gasteiger partial charge in [0.05, 0.1) is 6.54 Å². The molecule has 1 saturated heterocycles. The van der Waals surface area contributed by atoms with Crippen molar-refractivity contribution in [2.75, 3.05) is 33.7 Å². The number of rotatable bonds is 2. The van der Waals surface area contributed by atoms with E-state index in [-0.39, 0.29) is 0 Å². The van der Waals surface area contributed by atoms with Crippen molar-refractivity contribution in [1.82, 2.24) is 9.62 Å². The fourth-order valence-corrected chi connectivity index (χ4v) is 2.97. The van der Waals surface area contributed by atoms with Crippen molar-refractivity contribution in [1.29, 1.82) is 0 Å². The Balaban J connectivity index is 1.88. The molecule has 0 aromatic rings. The van der Waals surface area contributed by atoms with Crippen LogP contribution in [0.3, 0.4) is 0 Å². The Labute approximate surface area is 109 Å². The van der Waals surface area contributed by atoms with Crippen LogP contribution in [-0.4, -0.2) is 61.2 Å². The van der Waals surface area contributed by atoms with E-state index in [1.807, 2.05) is 0 Å². The second-order valence-electron chi connectivity index (χ2n) is 5.34. The summed E-state index contributed by atoms with van der Waals surface area (Å²) in [4.78, 5) is 9.21. The summed E-state index contributed by atoms with van der Waals surface area (Å²) in [6.45, 7) is 5.22. The first-order valence-electron chi connectivity index (χ1n) is 6.40. The first-order valence-corrected chi connectivity index (χ1v) is 6.40. The molecule has 0 aromatic heterocycles. The monoisotopic (exact) mass is 242 g/mol. The third-order valence-corrected chi connectivity index (χ3v) is 3.77. The number of allylic oxidation sites excluding steroid dienone is 3. The molecule has 18 heavy (non-hydrogen) atoms. The number of aliphatic imine (C=N–C) groups is 1. The summed E-state index contributed by atoms with van der Waals surface area (Å²) >= 11 is 0. The Morgan fingerprint density at radius 1 is 1.39 bits per heavy atom. The molecule has 0 saturated carbocycles. The van der Waals surface area contributed by atoms with Crippen LogP contribution in [0.15, 0.2) is 40.8 Å². The summed E-state index contributed by atoms with van der Waals surface area (Å²) in [7, 11) is 6.32. The van der Waals surface area contributed by atoms with E-state index >= 15 is 0 Å². The highest BCUT2D eigenvalue weighted by atomic mass is 15.5. The lowest BCUT2D eigenvalue weighted by Gasteiger charge is -2.41. The maximum absolute atomic E-state index is 4.74. The van der Waals surface area contributed by atoms with Gasteiger partial charge in [0.15, 0.2) is 5.70 Å². The average molecular weight is 242 g/mol. The smallest absolute Gasteiger partial charge is 0.313 e. The second kappa shape index (κ2) is 4.19. The summed E-state index contributed by atoms with van der Waals surface area (Å²) in [5, 5.41) is 0. The maximum atomic E-state index is 4.74. The van der Waals surface area contributed by atoms with Gasteiger partial charge in [0, 0.05) is 12.6 Å². The van der Waals surface area contributed by atoms with Crippen molar-refractivity contribution in [2.45, 2.75) is 6.92 Å². The van der Waals surface area contributed by atoms with Gasteiger partial charge in [-0.2, -0.15) is 4.99 Å². The highest BCUT2D eigenvalue weighted by Gasteiger charge is 2.46. The van der Waals surface area contributed by atoms with Crippen LogP contribution in [0.4, 0.5) is 0 Å². The van der Waals surface area contributed by atoms with Crippen molar-refractivity contribution >= 4 is 13.4 Å². The molecule has 93 valence electrons. The molecule has 4 nitrogen and oxygen atoms in total. The predicted molar refractivity (Wildman–Crippen MR) is 74.6 cm³/mol. The number of quaternary nitrogens is 1. The molecule has 0 aromatic carbocycles. The van der Waals surface area contributed by atoms with E-state index in [1.165, 1.54) is 17.2 Å². The van der Waals surface area contributed by atoms with Crippen LogP contribution in [-0.2, 0) is 0 Å². The molecule has 1 atom stereocenters. The van der Waals surface area contributed by atoms with E-state index in [4.69, 9.17) is 4.99 Å². The van der Waals surface area contributed by atoms with Gasteiger partial charge in [-0.25, -0.2) is 4.48 Å². The summed E-state index contributed by atoms with van der Waals surface area (Å²) in [5.41, 5.74) is 2.59. The lowest BCUT2D eigenvalue weighted by molar-refractivity contribution is -0.750. The van der Waals surface area contributed by atoms with Gasteiger partial charge in [-0.3, -0.25) is 0 Å². The van der Waals surface area contributed by atoms with E-state index in [1.54, 1.807) is 0 Å². The van der Waals surface area contributed by atoms with Crippen molar-refractivity contribution in [3.05, 3.63) is 35.8 Å². The molecule has 3 heterocycles. The number of amidine groups is 1. The molecule has 0 amide bonds. The van der Waals surface area contributed by atoms with Crippen LogP contribution in [0.25, 0.3) is 0 Å². The molecule has 0 bridgehead atoms. The van der Waals surface area contributed by atoms with Gasteiger partial charge in [0.2, 0.25) is 5.84 Å². The average Bonchev–Trinajstić information content (AvgIpc) is 2.62. The molecule has 5 heteroatoms. The minimum absolute atomic E-state index is 0.847. The fourth-order valence-electron chi connectivity index (χ4n) is 2.97. The molecule has 3 aliphatic rings. The molecule has 3 rings (SSSR count). The SMILES string of the molecule is CC1=C2CN([B]N(C)C)CC[N+]23C=CC=CC3=N1. The zero-order chi connectivity index (χ0) is 12.8. The van der Waals surface area contributed by atoms with Crippen molar-refractivity contribution in [2.24, 2.45) is 4.99 Å². The molecule has 1 radical (unpaired) electrons. The normalized spacial score (nSPS) is 30.6. The van der Waals surface area contributed by atoms with Gasteiger partial charge < -0.3 is 9.62 Å². The highest BCUT2D eigenvalue weighted by Crippen LogP contribution is 2.35. The maximum Gasteiger partial charge on any atom is 0.313 e. The van der Waals surface area contributed by atoms with Gasteiger partial charge in [-0.1, -0.05) is 0 Å². The Hall–Kier alpha value is -1.17. The molecule has 0 aliphatic carbocycles. The Morgan fingerprint density at radius 2 is 2.22 bits per heavy atom. The lowest BCUT2D eigenvalue weighted by atomic mass is 10.0. The fraction of sp³-hybridized carbons (Fsp3) is 0.462. The van der Waals surface area contributed by atoms with Crippen LogP contribution < -0.4 is 0 Å². The van der Waals surface area contributed by atoms with Gasteiger partial charge in [0.25, 0.3) is 0 Å². The van der Waals surface area contributed by atoms with Gasteiger partial charge >= 0.3 is 7.55 Å². The van der Waals surface area contributed by atoms with Crippen LogP contribution in [0.5, 0.6) is 0 Å². The molecule has 1 unspecified atom stereocenters. The standard InChI is InChI=1S/C13H19BN4/c1-11-12-10-17(14-16(2)3)7-9-18(12)8-5-4-6-13(18)15-11/h4-6,8H,7,9-10H2,1-3H3/q+1. The Morgan fingerprint density at radius 3 is 3.00 bits per heavy atom. The lowest BCUT2D eigenvalue weighted by Crippen LogP contribution is -2.58. The van der Waals surface area contributed by atoms with Gasteiger partial charge in [-0.05, 0) is 33.2 Å². The Bertz CT molecular complexity index is 489. The minimum Gasteiger partial charge on any atom is -0.337 e. The summed E-state index contributed by atoms with van der Waals surface area (Å²) in [5.74, 6) is 1.18. The van der Waals surface area contributed by atoms with E-state index in [9.17, 15) is 0 Å². The molecule has 3 aliphatic heterocycles. The second-order valence-corrected chi connectivity index (χ2v) is 5.34. The van der Waals surface area contributed by atoms with Crippen LogP contribution in [0.1, 0.15) is 6.92 Å². The van der Waals surface area contributed by atoms with E-state index in [2.05, 4.69) is 62.6 Å². The first-order chi connectivity index (χ1) is 8.62. The Kier molecular flexibility index (Phi) is 2.77. The number of nitrogens with zero attached hydrogens (tertiary/aromatic N) is 4. The molecule has 0 N–H and O–H groups in total. The summed E-state index contributed by atoms with van der Waals surface area (Å²) in [6.07, 6.45) is 8.64. The third kappa shape index (κ3) is 1.70. The first kappa shape index (κ1) is 11.9. The zero-order valence-corrected chi connectivity index (χ0v) is 11.3. The molecular formula is C13H19BN4+. The van der Waals surface area contributed by atoms with E-state index in [0.717, 1.165) is 24.1 Å². The molecular weight excluding hydrogens is 223 g/mol. The largest absolute Gasteiger partial charge is 0.337 e. The quantitative estimate of drug-likeness (QED) is 0.530. The number of piperazine rings is 1. The highest BCUT2D eigenvalue weighted by molar-refractivity contribution is 6.28. The van der Waals surface area contributed by atoms with E-state index < -0.39 is 0 Å². The minimum atomic E-state index is 0.847. The summed E-state index contributed by atoms with van der Waals surface area (Å²) < 4.78 is 0.847. The van der Waals surface area contributed by atoms with Crippen LogP contribution >= 0.6 is 0 Å². The van der Waals surface area contributed by atoms with Gasteiger partial charge in [0.1, 0.15) is 18.4 Å². The van der Waals surface area contributed by atoms with E-state index in [0.29, 0.717) is 0 Å². The van der Waals surface area contributed by atoms with Crippen molar-refractivity contribution < 1.29 is 4.48 Å². The predicted octanol–water partition coefficient (Wildman–Crippen LogP) is 0.942. The number of hydrogen-bond donors (Lipinski definition) is 0. The summed E-state index contributed by atoms with van der Waals surface area (Å²) in [6, 6.07) is 0. The van der Waals surface area contributed by atoms with Crippen molar-refractivity contribution in [3.63, 3.8) is 0 Å². The van der Waals surface area contributed by atoms with Gasteiger partial charge in [-0.15, -0.1) is 0 Å². The molecule has 1 spiro atoms. The third-order valence-electron chi connectivity index (χ3n) is 3.77. The molecule has 1 fully saturated rings. The zero-order valence-electron chi connectivity index (χ0n) is 11.3. The van der Waals surface area contributed by atoms with Crippen molar-refractivity contribution in [3.8, 4) is 0 Å². The van der Waals surface area contributed by atoms with Crippen LogP contribution in [0, 0.1) is 0 Å². The van der Waals surface area contributed by atoms with Crippen LogP contribution in [0.2, 0.25) is 0 Å².